The van der Waals surface area contributed by atoms with Gasteiger partial charge in [-0.2, -0.15) is 0 Å². The summed E-state index contributed by atoms with van der Waals surface area (Å²) in [6, 6.07) is 0. The quantitative estimate of drug-likeness (QED) is 0.863. The molecule has 2 rings (SSSR count). The topological polar surface area (TPSA) is 52.7 Å². The van der Waals surface area contributed by atoms with Crippen LogP contribution in [-0.4, -0.2) is 59.9 Å². The molecule has 5 heteroatoms. The van der Waals surface area contributed by atoms with Crippen molar-refractivity contribution in [3.8, 4) is 0 Å². The lowest BCUT2D eigenvalue weighted by atomic mass is 9.80. The third-order valence-electron chi connectivity index (χ3n) is 5.08. The summed E-state index contributed by atoms with van der Waals surface area (Å²) >= 11 is 0. The van der Waals surface area contributed by atoms with Crippen LogP contribution in [0.25, 0.3) is 0 Å². The monoisotopic (exact) mass is 323 g/mol. The van der Waals surface area contributed by atoms with Crippen molar-refractivity contribution < 1.29 is 9.59 Å². The predicted octanol–water partition coefficient (Wildman–Crippen LogP) is 1.87. The van der Waals surface area contributed by atoms with Gasteiger partial charge in [-0.25, -0.2) is 0 Å². The molecular weight excluding hydrogens is 290 g/mol. The Balaban J connectivity index is 1.78. The van der Waals surface area contributed by atoms with Gasteiger partial charge in [0.05, 0.1) is 0 Å². The fourth-order valence-electron chi connectivity index (χ4n) is 3.62. The number of amides is 2. The molecule has 0 aromatic rings. The van der Waals surface area contributed by atoms with E-state index in [9.17, 15) is 9.59 Å². The van der Waals surface area contributed by atoms with Crippen molar-refractivity contribution in [2.45, 2.75) is 58.9 Å². The highest BCUT2D eigenvalue weighted by atomic mass is 16.2. The van der Waals surface area contributed by atoms with Crippen molar-refractivity contribution in [1.82, 2.24) is 15.1 Å². The SMILES string of the molecule is CCN1CCN(C(=O)C2CCC(C(=O)NC(C)(C)C)CC2)CC1. The third-order valence-corrected chi connectivity index (χ3v) is 5.08. The van der Waals surface area contributed by atoms with Crippen molar-refractivity contribution in [1.29, 1.82) is 0 Å². The summed E-state index contributed by atoms with van der Waals surface area (Å²) in [5.74, 6) is 0.674. The van der Waals surface area contributed by atoms with Gasteiger partial charge >= 0.3 is 0 Å². The highest BCUT2D eigenvalue weighted by Gasteiger charge is 2.33. The number of carbonyl (C=O) groups excluding carboxylic acids is 2. The Morgan fingerprint density at radius 2 is 1.48 bits per heavy atom. The summed E-state index contributed by atoms with van der Waals surface area (Å²) in [5, 5.41) is 3.07. The Kier molecular flexibility index (Phi) is 6.06. The molecule has 0 atom stereocenters. The van der Waals surface area contributed by atoms with Crippen molar-refractivity contribution in [3.63, 3.8) is 0 Å². The molecule has 0 aromatic carbocycles. The third kappa shape index (κ3) is 5.20. The standard InChI is InChI=1S/C18H33N3O2/c1-5-20-10-12-21(13-11-20)17(23)15-8-6-14(7-9-15)16(22)19-18(2,3)4/h14-15H,5-13H2,1-4H3,(H,19,22). The zero-order valence-electron chi connectivity index (χ0n) is 15.2. The van der Waals surface area contributed by atoms with E-state index in [1.165, 1.54) is 0 Å². The maximum Gasteiger partial charge on any atom is 0.225 e. The van der Waals surface area contributed by atoms with E-state index in [0.717, 1.165) is 58.4 Å². The molecule has 1 heterocycles. The molecule has 1 saturated heterocycles. The number of rotatable bonds is 3. The Labute approximate surface area is 140 Å². The lowest BCUT2D eigenvalue weighted by Crippen LogP contribution is -2.51. The van der Waals surface area contributed by atoms with Gasteiger partial charge in [-0.1, -0.05) is 6.92 Å². The Morgan fingerprint density at radius 3 is 1.96 bits per heavy atom. The van der Waals surface area contributed by atoms with Crippen molar-refractivity contribution in [3.05, 3.63) is 0 Å². The van der Waals surface area contributed by atoms with Gasteiger partial charge in [-0.15, -0.1) is 0 Å². The zero-order chi connectivity index (χ0) is 17.0. The summed E-state index contributed by atoms with van der Waals surface area (Å²) in [5.41, 5.74) is -0.178. The maximum absolute atomic E-state index is 12.7. The largest absolute Gasteiger partial charge is 0.351 e. The fourth-order valence-corrected chi connectivity index (χ4v) is 3.62. The van der Waals surface area contributed by atoms with Gasteiger partial charge in [0, 0.05) is 43.6 Å². The first-order valence-corrected chi connectivity index (χ1v) is 9.13. The van der Waals surface area contributed by atoms with Crippen LogP contribution in [0, 0.1) is 11.8 Å². The van der Waals surface area contributed by atoms with Crippen LogP contribution in [0.4, 0.5) is 0 Å². The first kappa shape index (κ1) is 18.2. The summed E-state index contributed by atoms with van der Waals surface area (Å²) in [4.78, 5) is 29.3. The molecule has 1 aliphatic heterocycles. The van der Waals surface area contributed by atoms with E-state index in [4.69, 9.17) is 0 Å². The van der Waals surface area contributed by atoms with Crippen LogP contribution in [0.1, 0.15) is 53.4 Å². The number of nitrogens with zero attached hydrogens (tertiary/aromatic N) is 2. The van der Waals surface area contributed by atoms with Crippen LogP contribution in [0.2, 0.25) is 0 Å². The minimum atomic E-state index is -0.178. The molecule has 2 aliphatic rings. The molecule has 1 N–H and O–H groups in total. The first-order chi connectivity index (χ1) is 10.8. The van der Waals surface area contributed by atoms with Crippen LogP contribution in [0.5, 0.6) is 0 Å². The Hall–Kier alpha value is -1.10. The van der Waals surface area contributed by atoms with E-state index in [1.807, 2.05) is 25.7 Å². The van der Waals surface area contributed by atoms with Gasteiger partial charge < -0.3 is 15.1 Å². The average molecular weight is 323 g/mol. The van der Waals surface area contributed by atoms with Crippen molar-refractivity contribution in [2.24, 2.45) is 11.8 Å². The molecule has 2 fully saturated rings. The van der Waals surface area contributed by atoms with Crippen LogP contribution in [0.15, 0.2) is 0 Å². The van der Waals surface area contributed by atoms with Gasteiger partial charge in [0.25, 0.3) is 0 Å². The summed E-state index contributed by atoms with van der Waals surface area (Å²) < 4.78 is 0. The van der Waals surface area contributed by atoms with E-state index >= 15 is 0 Å². The van der Waals surface area contributed by atoms with Crippen LogP contribution < -0.4 is 5.32 Å². The minimum absolute atomic E-state index is 0.0789. The molecule has 0 bridgehead atoms. The molecule has 5 nitrogen and oxygen atoms in total. The van der Waals surface area contributed by atoms with Gasteiger partial charge in [-0.05, 0) is 53.0 Å². The Bertz CT molecular complexity index is 414. The van der Waals surface area contributed by atoms with E-state index < -0.39 is 0 Å². The number of piperazine rings is 1. The average Bonchev–Trinajstić information content (AvgIpc) is 2.53. The molecular formula is C18H33N3O2. The van der Waals surface area contributed by atoms with E-state index in [-0.39, 0.29) is 23.3 Å². The van der Waals surface area contributed by atoms with E-state index in [0.29, 0.717) is 5.91 Å². The molecule has 0 spiro atoms. The molecule has 0 unspecified atom stereocenters. The summed E-state index contributed by atoms with van der Waals surface area (Å²) in [6.45, 7) is 13.0. The van der Waals surface area contributed by atoms with Gasteiger partial charge in [-0.3, -0.25) is 9.59 Å². The summed E-state index contributed by atoms with van der Waals surface area (Å²) in [7, 11) is 0. The highest BCUT2D eigenvalue weighted by molar-refractivity contribution is 5.81. The number of likely N-dealkylation sites (N-methyl/N-ethyl adjacent to an activating group) is 1. The lowest BCUT2D eigenvalue weighted by molar-refractivity contribution is -0.140. The molecule has 2 amide bonds. The molecule has 0 aromatic heterocycles. The molecule has 132 valence electrons. The van der Waals surface area contributed by atoms with E-state index in [1.54, 1.807) is 0 Å². The van der Waals surface area contributed by atoms with Gasteiger partial charge in [0.2, 0.25) is 11.8 Å². The Morgan fingerprint density at radius 1 is 0.957 bits per heavy atom. The second kappa shape index (κ2) is 7.65. The minimum Gasteiger partial charge on any atom is -0.351 e. The highest BCUT2D eigenvalue weighted by Crippen LogP contribution is 2.30. The van der Waals surface area contributed by atoms with Crippen LogP contribution >= 0.6 is 0 Å². The number of nitrogens with one attached hydrogen (secondary N) is 1. The normalized spacial score (nSPS) is 26.9. The molecule has 23 heavy (non-hydrogen) atoms. The zero-order valence-corrected chi connectivity index (χ0v) is 15.2. The predicted molar refractivity (Wildman–Crippen MR) is 92.0 cm³/mol. The smallest absolute Gasteiger partial charge is 0.225 e. The number of hydrogen-bond donors (Lipinski definition) is 1. The summed E-state index contributed by atoms with van der Waals surface area (Å²) in [6.07, 6.45) is 3.39. The van der Waals surface area contributed by atoms with Gasteiger partial charge in [0.15, 0.2) is 0 Å². The number of carbonyl (C=O) groups is 2. The molecule has 0 radical (unpaired) electrons. The van der Waals surface area contributed by atoms with Gasteiger partial charge in [0.1, 0.15) is 0 Å². The molecule has 1 saturated carbocycles. The second-order valence-corrected chi connectivity index (χ2v) is 8.05. The second-order valence-electron chi connectivity index (χ2n) is 8.05. The molecule has 1 aliphatic carbocycles. The lowest BCUT2D eigenvalue weighted by Gasteiger charge is -2.37. The van der Waals surface area contributed by atoms with Crippen LogP contribution in [0.3, 0.4) is 0 Å². The van der Waals surface area contributed by atoms with E-state index in [2.05, 4.69) is 17.1 Å². The number of hydrogen-bond acceptors (Lipinski definition) is 3. The van der Waals surface area contributed by atoms with Crippen molar-refractivity contribution in [2.75, 3.05) is 32.7 Å². The first-order valence-electron chi connectivity index (χ1n) is 9.13. The van der Waals surface area contributed by atoms with Crippen LogP contribution in [-0.2, 0) is 9.59 Å². The maximum atomic E-state index is 12.7. The fraction of sp³-hybridized carbons (Fsp3) is 0.889. The van der Waals surface area contributed by atoms with Crippen molar-refractivity contribution >= 4 is 11.8 Å².